The van der Waals surface area contributed by atoms with Crippen LogP contribution in [-0.4, -0.2) is 37.4 Å². The van der Waals surface area contributed by atoms with Gasteiger partial charge in [-0.25, -0.2) is 9.78 Å². The van der Waals surface area contributed by atoms with E-state index in [2.05, 4.69) is 25.7 Å². The quantitative estimate of drug-likeness (QED) is 0.675. The molecule has 2 aromatic rings. The van der Waals surface area contributed by atoms with E-state index in [1.165, 1.54) is 6.20 Å². The summed E-state index contributed by atoms with van der Waals surface area (Å²) in [5.41, 5.74) is 0.568. The van der Waals surface area contributed by atoms with Gasteiger partial charge in [0.25, 0.3) is 0 Å². The molecule has 20 heavy (non-hydrogen) atoms. The molecular formula is C11H11N7O2. The first-order valence-electron chi connectivity index (χ1n) is 5.57. The number of nitrogens with one attached hydrogen (secondary N) is 2. The van der Waals surface area contributed by atoms with Gasteiger partial charge in [-0.05, 0) is 0 Å². The SMILES string of the molecule is Cn1cc(Nc2ncc(C(=O)O)c(NCC#N)n2)cn1. The van der Waals surface area contributed by atoms with E-state index < -0.39 is 5.97 Å². The lowest BCUT2D eigenvalue weighted by molar-refractivity contribution is 0.0697. The molecule has 102 valence electrons. The van der Waals surface area contributed by atoms with Crippen molar-refractivity contribution in [2.75, 3.05) is 17.2 Å². The zero-order valence-corrected chi connectivity index (χ0v) is 10.5. The molecule has 2 heterocycles. The predicted octanol–water partition coefficient (Wildman–Crippen LogP) is 0.587. The van der Waals surface area contributed by atoms with Gasteiger partial charge in [-0.3, -0.25) is 4.68 Å². The van der Waals surface area contributed by atoms with Crippen LogP contribution < -0.4 is 10.6 Å². The average Bonchev–Trinajstić information content (AvgIpc) is 2.81. The van der Waals surface area contributed by atoms with Crippen LogP contribution in [0.5, 0.6) is 0 Å². The minimum atomic E-state index is -1.17. The normalized spacial score (nSPS) is 9.80. The summed E-state index contributed by atoms with van der Waals surface area (Å²) >= 11 is 0. The second-order valence-corrected chi connectivity index (χ2v) is 3.80. The largest absolute Gasteiger partial charge is 0.477 e. The molecule has 0 aliphatic carbocycles. The maximum absolute atomic E-state index is 11.0. The number of nitrogens with zero attached hydrogens (tertiary/aromatic N) is 5. The molecule has 0 fully saturated rings. The standard InChI is InChI=1S/C11H11N7O2/c1-18-6-7(4-15-18)16-11-14-5-8(10(19)20)9(17-11)13-3-2-12/h4-6H,3H2,1H3,(H,19,20)(H2,13,14,16,17). The van der Waals surface area contributed by atoms with Gasteiger partial charge in [0.15, 0.2) is 0 Å². The zero-order valence-electron chi connectivity index (χ0n) is 10.5. The van der Waals surface area contributed by atoms with Crippen molar-refractivity contribution >= 4 is 23.4 Å². The summed E-state index contributed by atoms with van der Waals surface area (Å²) < 4.78 is 1.60. The third-order valence-electron chi connectivity index (χ3n) is 2.32. The van der Waals surface area contributed by atoms with Crippen molar-refractivity contribution in [1.29, 1.82) is 5.26 Å². The Morgan fingerprint density at radius 1 is 1.55 bits per heavy atom. The fourth-order valence-corrected chi connectivity index (χ4v) is 1.47. The van der Waals surface area contributed by atoms with Gasteiger partial charge in [-0.1, -0.05) is 0 Å². The summed E-state index contributed by atoms with van der Waals surface area (Å²) in [6.07, 6.45) is 4.47. The number of hydrogen-bond acceptors (Lipinski definition) is 7. The summed E-state index contributed by atoms with van der Waals surface area (Å²) in [5, 5.41) is 27.0. The molecule has 3 N–H and O–H groups in total. The van der Waals surface area contributed by atoms with Crippen LogP contribution in [0.4, 0.5) is 17.5 Å². The van der Waals surface area contributed by atoms with Gasteiger partial charge < -0.3 is 15.7 Å². The maximum Gasteiger partial charge on any atom is 0.341 e. The van der Waals surface area contributed by atoms with Crippen molar-refractivity contribution in [3.05, 3.63) is 24.2 Å². The number of aryl methyl sites for hydroxylation is 1. The van der Waals surface area contributed by atoms with E-state index in [0.717, 1.165) is 0 Å². The molecule has 9 nitrogen and oxygen atoms in total. The molecule has 0 amide bonds. The Kier molecular flexibility index (Phi) is 3.76. The maximum atomic E-state index is 11.0. The van der Waals surface area contributed by atoms with Crippen molar-refractivity contribution in [2.24, 2.45) is 7.05 Å². The number of aromatic carboxylic acids is 1. The first-order valence-corrected chi connectivity index (χ1v) is 5.57. The minimum absolute atomic E-state index is 0.0520. The highest BCUT2D eigenvalue weighted by atomic mass is 16.4. The first-order chi connectivity index (χ1) is 9.60. The smallest absolute Gasteiger partial charge is 0.341 e. The molecule has 0 saturated heterocycles. The van der Waals surface area contributed by atoms with Crippen molar-refractivity contribution in [2.45, 2.75) is 0 Å². The van der Waals surface area contributed by atoms with E-state index in [4.69, 9.17) is 10.4 Å². The highest BCUT2D eigenvalue weighted by Gasteiger charge is 2.13. The average molecular weight is 273 g/mol. The van der Waals surface area contributed by atoms with Crippen LogP contribution >= 0.6 is 0 Å². The Labute approximate surface area is 113 Å². The fraction of sp³-hybridized carbons (Fsp3) is 0.182. The number of carboxylic acid groups (broad SMARTS) is 1. The van der Waals surface area contributed by atoms with Gasteiger partial charge in [0.2, 0.25) is 5.95 Å². The van der Waals surface area contributed by atoms with E-state index in [9.17, 15) is 4.79 Å². The van der Waals surface area contributed by atoms with E-state index in [1.807, 2.05) is 6.07 Å². The third-order valence-corrected chi connectivity index (χ3v) is 2.32. The lowest BCUT2D eigenvalue weighted by Gasteiger charge is -2.08. The van der Waals surface area contributed by atoms with Crippen LogP contribution in [0.15, 0.2) is 18.6 Å². The van der Waals surface area contributed by atoms with Crippen LogP contribution in [-0.2, 0) is 7.05 Å². The second kappa shape index (κ2) is 5.66. The highest BCUT2D eigenvalue weighted by molar-refractivity contribution is 5.93. The van der Waals surface area contributed by atoms with Gasteiger partial charge in [0.05, 0.1) is 18.0 Å². The number of hydrogen-bond donors (Lipinski definition) is 3. The Balaban J connectivity index is 2.26. The van der Waals surface area contributed by atoms with Crippen LogP contribution in [0.3, 0.4) is 0 Å². The molecule has 0 atom stereocenters. The molecule has 0 unspecified atom stereocenters. The summed E-state index contributed by atoms with van der Waals surface area (Å²) in [5.74, 6) is -0.873. The Hall–Kier alpha value is -3.15. The highest BCUT2D eigenvalue weighted by Crippen LogP contribution is 2.16. The molecule has 0 saturated carbocycles. The predicted molar refractivity (Wildman–Crippen MR) is 69.6 cm³/mol. The van der Waals surface area contributed by atoms with Gasteiger partial charge in [-0.2, -0.15) is 15.3 Å². The number of rotatable bonds is 5. The molecule has 0 bridgehead atoms. The van der Waals surface area contributed by atoms with Crippen molar-refractivity contribution in [3.63, 3.8) is 0 Å². The van der Waals surface area contributed by atoms with Crippen molar-refractivity contribution in [3.8, 4) is 6.07 Å². The molecule has 0 radical (unpaired) electrons. The van der Waals surface area contributed by atoms with Crippen molar-refractivity contribution < 1.29 is 9.90 Å². The third kappa shape index (κ3) is 2.99. The van der Waals surface area contributed by atoms with Crippen molar-refractivity contribution in [1.82, 2.24) is 19.7 Å². The fourth-order valence-electron chi connectivity index (χ4n) is 1.47. The Bertz CT molecular complexity index is 674. The summed E-state index contributed by atoms with van der Waals surface area (Å²) in [7, 11) is 1.76. The molecule has 0 spiro atoms. The molecule has 0 aliphatic rings. The van der Waals surface area contributed by atoms with Crippen LogP contribution in [0.25, 0.3) is 0 Å². The Morgan fingerprint density at radius 3 is 2.95 bits per heavy atom. The van der Waals surface area contributed by atoms with E-state index in [1.54, 1.807) is 24.1 Å². The lowest BCUT2D eigenvalue weighted by atomic mass is 10.3. The minimum Gasteiger partial charge on any atom is -0.477 e. The second-order valence-electron chi connectivity index (χ2n) is 3.80. The molecule has 2 aromatic heterocycles. The lowest BCUT2D eigenvalue weighted by Crippen LogP contribution is -2.11. The molecule has 2 rings (SSSR count). The summed E-state index contributed by atoms with van der Waals surface area (Å²) in [4.78, 5) is 19.0. The van der Waals surface area contributed by atoms with E-state index in [-0.39, 0.29) is 23.9 Å². The number of anilines is 3. The van der Waals surface area contributed by atoms with E-state index in [0.29, 0.717) is 5.69 Å². The number of carbonyl (C=O) groups is 1. The monoisotopic (exact) mass is 273 g/mol. The van der Waals surface area contributed by atoms with Gasteiger partial charge in [-0.15, -0.1) is 0 Å². The first kappa shape index (κ1) is 13.3. The summed E-state index contributed by atoms with van der Waals surface area (Å²) in [6.45, 7) is -0.0520. The molecule has 9 heteroatoms. The zero-order chi connectivity index (χ0) is 14.5. The molecule has 0 aromatic carbocycles. The molecular weight excluding hydrogens is 262 g/mol. The topological polar surface area (TPSA) is 129 Å². The molecule has 0 aliphatic heterocycles. The number of carboxylic acids is 1. The van der Waals surface area contributed by atoms with Crippen LogP contribution in [0.1, 0.15) is 10.4 Å². The van der Waals surface area contributed by atoms with Gasteiger partial charge in [0, 0.05) is 19.4 Å². The van der Waals surface area contributed by atoms with Gasteiger partial charge in [0.1, 0.15) is 17.9 Å². The summed E-state index contributed by atoms with van der Waals surface area (Å²) in [6, 6.07) is 1.86. The number of aromatic nitrogens is 4. The van der Waals surface area contributed by atoms with Crippen LogP contribution in [0, 0.1) is 11.3 Å². The number of nitriles is 1. The van der Waals surface area contributed by atoms with Gasteiger partial charge >= 0.3 is 5.97 Å². The van der Waals surface area contributed by atoms with Crippen LogP contribution in [0.2, 0.25) is 0 Å². The Morgan fingerprint density at radius 2 is 2.35 bits per heavy atom. The van der Waals surface area contributed by atoms with E-state index >= 15 is 0 Å².